The van der Waals surface area contributed by atoms with E-state index >= 15 is 0 Å². The Labute approximate surface area is 155 Å². The minimum Gasteiger partial charge on any atom is -0.357 e. The van der Waals surface area contributed by atoms with Crippen molar-refractivity contribution < 1.29 is 0 Å². The summed E-state index contributed by atoms with van der Waals surface area (Å²) in [5.41, 5.74) is 3.92. The first-order valence-electron chi connectivity index (χ1n) is 7.69. The zero-order valence-corrected chi connectivity index (χ0v) is 15.1. The SMILES string of the molecule is C=CCNc1nnc(SCc2ccc(-c3ccccc3C#N)cc2)s1. The van der Waals surface area contributed by atoms with Crippen LogP contribution in [-0.4, -0.2) is 16.7 Å². The molecule has 0 aliphatic heterocycles. The highest BCUT2D eigenvalue weighted by molar-refractivity contribution is 8.00. The number of hydrogen-bond donors (Lipinski definition) is 1. The van der Waals surface area contributed by atoms with E-state index in [1.807, 2.05) is 24.3 Å². The number of anilines is 1. The van der Waals surface area contributed by atoms with Crippen molar-refractivity contribution in [2.24, 2.45) is 0 Å². The summed E-state index contributed by atoms with van der Waals surface area (Å²) in [5.74, 6) is 0.830. The first-order valence-corrected chi connectivity index (χ1v) is 9.50. The fourth-order valence-corrected chi connectivity index (χ4v) is 3.97. The van der Waals surface area contributed by atoms with Crippen molar-refractivity contribution in [3.05, 3.63) is 72.3 Å². The van der Waals surface area contributed by atoms with E-state index in [0.29, 0.717) is 12.1 Å². The first kappa shape index (κ1) is 17.2. The zero-order chi connectivity index (χ0) is 17.5. The topological polar surface area (TPSA) is 61.6 Å². The summed E-state index contributed by atoms with van der Waals surface area (Å²) in [6.07, 6.45) is 1.79. The van der Waals surface area contributed by atoms with Crippen LogP contribution in [0.25, 0.3) is 11.1 Å². The molecule has 0 aliphatic carbocycles. The van der Waals surface area contributed by atoms with Crippen molar-refractivity contribution in [1.29, 1.82) is 5.26 Å². The molecule has 1 aromatic heterocycles. The Hall–Kier alpha value is -2.62. The van der Waals surface area contributed by atoms with Crippen molar-refractivity contribution in [2.45, 2.75) is 10.1 Å². The monoisotopic (exact) mass is 364 g/mol. The van der Waals surface area contributed by atoms with Gasteiger partial charge in [0.2, 0.25) is 5.13 Å². The molecular formula is C19H16N4S2. The molecule has 0 atom stereocenters. The molecule has 6 heteroatoms. The summed E-state index contributed by atoms with van der Waals surface area (Å²) in [6.45, 7) is 4.35. The van der Waals surface area contributed by atoms with Crippen LogP contribution in [0.5, 0.6) is 0 Å². The molecule has 124 valence electrons. The molecule has 4 nitrogen and oxygen atoms in total. The standard InChI is InChI=1S/C19H16N4S2/c1-2-11-21-18-22-23-19(25-18)24-13-14-7-9-15(10-8-14)17-6-4-3-5-16(17)12-20/h2-10H,1,11,13H2,(H,21,22). The molecule has 3 aromatic rings. The zero-order valence-electron chi connectivity index (χ0n) is 13.5. The van der Waals surface area contributed by atoms with E-state index in [9.17, 15) is 5.26 Å². The summed E-state index contributed by atoms with van der Waals surface area (Å²) in [4.78, 5) is 0. The lowest BCUT2D eigenvalue weighted by Crippen LogP contribution is -1.96. The van der Waals surface area contributed by atoms with Gasteiger partial charge in [-0.1, -0.05) is 71.6 Å². The smallest absolute Gasteiger partial charge is 0.206 e. The van der Waals surface area contributed by atoms with Crippen LogP contribution in [0.1, 0.15) is 11.1 Å². The number of aromatic nitrogens is 2. The van der Waals surface area contributed by atoms with Gasteiger partial charge in [0.05, 0.1) is 11.6 Å². The van der Waals surface area contributed by atoms with Crippen LogP contribution < -0.4 is 5.32 Å². The van der Waals surface area contributed by atoms with E-state index in [1.165, 1.54) is 5.56 Å². The molecule has 0 saturated heterocycles. The van der Waals surface area contributed by atoms with Gasteiger partial charge in [0, 0.05) is 12.3 Å². The molecule has 0 saturated carbocycles. The van der Waals surface area contributed by atoms with E-state index in [4.69, 9.17) is 0 Å². The van der Waals surface area contributed by atoms with E-state index in [0.717, 1.165) is 26.4 Å². The maximum absolute atomic E-state index is 9.23. The quantitative estimate of drug-likeness (QED) is 0.474. The van der Waals surface area contributed by atoms with Crippen LogP contribution in [0.3, 0.4) is 0 Å². The molecule has 1 heterocycles. The number of hydrogen-bond acceptors (Lipinski definition) is 6. The average molecular weight is 364 g/mol. The van der Waals surface area contributed by atoms with Crippen LogP contribution in [-0.2, 0) is 5.75 Å². The molecule has 0 spiro atoms. The van der Waals surface area contributed by atoms with E-state index in [-0.39, 0.29) is 0 Å². The maximum Gasteiger partial charge on any atom is 0.206 e. The molecule has 0 unspecified atom stereocenters. The first-order chi connectivity index (χ1) is 12.3. The van der Waals surface area contributed by atoms with Crippen molar-refractivity contribution in [2.75, 3.05) is 11.9 Å². The summed E-state index contributed by atoms with van der Waals surface area (Å²) in [5, 5.41) is 21.4. The van der Waals surface area contributed by atoms with Crippen LogP contribution in [0.15, 0.2) is 65.5 Å². The van der Waals surface area contributed by atoms with Crippen molar-refractivity contribution >= 4 is 28.2 Å². The Bertz CT molecular complexity index is 894. The Balaban J connectivity index is 1.64. The van der Waals surface area contributed by atoms with Crippen LogP contribution in [0.2, 0.25) is 0 Å². The normalized spacial score (nSPS) is 10.2. The van der Waals surface area contributed by atoms with Crippen molar-refractivity contribution in [3.8, 4) is 17.2 Å². The van der Waals surface area contributed by atoms with E-state index < -0.39 is 0 Å². The fourth-order valence-electron chi connectivity index (χ4n) is 2.26. The molecule has 0 radical (unpaired) electrons. The van der Waals surface area contributed by atoms with Gasteiger partial charge < -0.3 is 5.32 Å². The molecular weight excluding hydrogens is 348 g/mol. The highest BCUT2D eigenvalue weighted by Crippen LogP contribution is 2.29. The third-order valence-corrected chi connectivity index (χ3v) is 5.56. The molecule has 0 fully saturated rings. The van der Waals surface area contributed by atoms with Gasteiger partial charge in [0.25, 0.3) is 0 Å². The third-order valence-electron chi connectivity index (χ3n) is 3.48. The van der Waals surface area contributed by atoms with E-state index in [1.54, 1.807) is 29.2 Å². The molecule has 25 heavy (non-hydrogen) atoms. The fraction of sp³-hybridized carbons (Fsp3) is 0.105. The van der Waals surface area contributed by atoms with Crippen LogP contribution in [0, 0.1) is 11.3 Å². The van der Waals surface area contributed by atoms with Gasteiger partial charge in [0.1, 0.15) is 0 Å². The number of nitriles is 1. The largest absolute Gasteiger partial charge is 0.357 e. The van der Waals surface area contributed by atoms with Gasteiger partial charge >= 0.3 is 0 Å². The van der Waals surface area contributed by atoms with Gasteiger partial charge in [0.15, 0.2) is 4.34 Å². The highest BCUT2D eigenvalue weighted by Gasteiger charge is 2.06. The van der Waals surface area contributed by atoms with Gasteiger partial charge in [-0.3, -0.25) is 0 Å². The maximum atomic E-state index is 9.23. The number of nitrogens with zero attached hydrogens (tertiary/aromatic N) is 3. The minimum atomic E-state index is 0.685. The Morgan fingerprint density at radius 2 is 1.96 bits per heavy atom. The predicted octanol–water partition coefficient (Wildman–Crippen LogP) is 4.97. The van der Waals surface area contributed by atoms with Gasteiger partial charge in [-0.15, -0.1) is 16.8 Å². The van der Waals surface area contributed by atoms with Crippen LogP contribution in [0.4, 0.5) is 5.13 Å². The second kappa shape index (κ2) is 8.47. The second-order valence-corrected chi connectivity index (χ2v) is 7.39. The van der Waals surface area contributed by atoms with Crippen molar-refractivity contribution in [1.82, 2.24) is 10.2 Å². The van der Waals surface area contributed by atoms with Gasteiger partial charge in [-0.25, -0.2) is 0 Å². The number of rotatable bonds is 7. The third kappa shape index (κ3) is 4.47. The lowest BCUT2D eigenvalue weighted by atomic mass is 10.00. The Kier molecular flexibility index (Phi) is 5.83. The number of nitrogens with one attached hydrogen (secondary N) is 1. The molecule has 3 rings (SSSR count). The number of thioether (sulfide) groups is 1. The Morgan fingerprint density at radius 3 is 2.72 bits per heavy atom. The Morgan fingerprint density at radius 1 is 1.16 bits per heavy atom. The molecule has 2 aromatic carbocycles. The molecule has 1 N–H and O–H groups in total. The minimum absolute atomic E-state index is 0.685. The predicted molar refractivity (Wildman–Crippen MR) is 105 cm³/mol. The molecule has 0 amide bonds. The van der Waals surface area contributed by atoms with Crippen molar-refractivity contribution in [3.63, 3.8) is 0 Å². The van der Waals surface area contributed by atoms with E-state index in [2.05, 4.69) is 52.4 Å². The summed E-state index contributed by atoms with van der Waals surface area (Å²) >= 11 is 3.21. The average Bonchev–Trinajstić information content (AvgIpc) is 3.13. The van der Waals surface area contributed by atoms with Gasteiger partial charge in [-0.05, 0) is 22.8 Å². The molecule has 0 aliphatic rings. The summed E-state index contributed by atoms with van der Waals surface area (Å²) < 4.78 is 0.936. The summed E-state index contributed by atoms with van der Waals surface area (Å²) in [6, 6.07) is 18.2. The van der Waals surface area contributed by atoms with Gasteiger partial charge in [-0.2, -0.15) is 5.26 Å². The lowest BCUT2D eigenvalue weighted by molar-refractivity contribution is 1.01. The van der Waals surface area contributed by atoms with Crippen LogP contribution >= 0.6 is 23.1 Å². The molecule has 0 bridgehead atoms. The second-order valence-electron chi connectivity index (χ2n) is 5.19. The summed E-state index contributed by atoms with van der Waals surface area (Å²) in [7, 11) is 0. The highest BCUT2D eigenvalue weighted by atomic mass is 32.2. The number of benzene rings is 2. The lowest BCUT2D eigenvalue weighted by Gasteiger charge is -2.05.